The number of carbonyl (C=O) groups excluding carboxylic acids is 1. The maximum Gasteiger partial charge on any atom is 0.224 e. The molecule has 0 aliphatic carbocycles. The van der Waals surface area contributed by atoms with Gasteiger partial charge >= 0.3 is 0 Å². The second kappa shape index (κ2) is 16.5. The third-order valence-electron chi connectivity index (χ3n) is 6.19. The highest BCUT2D eigenvalue weighted by Gasteiger charge is 2.19. The zero-order valence-electron chi connectivity index (χ0n) is 22.5. The zero-order chi connectivity index (χ0) is 25.5. The largest absolute Gasteiger partial charge is 0.355 e. The number of aromatic nitrogens is 2. The van der Waals surface area contributed by atoms with Gasteiger partial charge < -0.3 is 10.2 Å². The van der Waals surface area contributed by atoms with Crippen LogP contribution in [0.25, 0.3) is 0 Å². The van der Waals surface area contributed by atoms with E-state index < -0.39 is 0 Å². The van der Waals surface area contributed by atoms with Gasteiger partial charge in [0.25, 0.3) is 0 Å². The Morgan fingerprint density at radius 2 is 1.63 bits per heavy atom. The molecule has 0 aliphatic heterocycles. The Kier molecular flexibility index (Phi) is 13.8. The minimum Gasteiger partial charge on any atom is -0.355 e. The number of unbranched alkanes of at least 4 members (excludes halogenated alkanes) is 4. The summed E-state index contributed by atoms with van der Waals surface area (Å²) < 4.78 is 0. The second-order valence-electron chi connectivity index (χ2n) is 8.98. The van der Waals surface area contributed by atoms with Crippen LogP contribution in [-0.4, -0.2) is 53.2 Å². The molecule has 0 spiro atoms. The topological polar surface area (TPSA) is 61.4 Å². The number of hydrogen-bond acceptors (Lipinski definition) is 6. The van der Waals surface area contributed by atoms with Gasteiger partial charge in [0.05, 0.1) is 0 Å². The monoisotopic (exact) mass is 499 g/mol. The third-order valence-corrected chi connectivity index (χ3v) is 6.88. The molecule has 35 heavy (non-hydrogen) atoms. The van der Waals surface area contributed by atoms with Gasteiger partial charge in [0.1, 0.15) is 16.5 Å². The molecule has 0 radical (unpaired) electrons. The van der Waals surface area contributed by atoms with Gasteiger partial charge in [-0.1, -0.05) is 62.9 Å². The van der Waals surface area contributed by atoms with Gasteiger partial charge in [0, 0.05) is 26.1 Å². The number of aryl methyl sites for hydroxylation is 1. The molecule has 0 bridgehead atoms. The smallest absolute Gasteiger partial charge is 0.224 e. The standard InChI is InChI=1S/C28H45N5OS/c1-6-9-10-11-15-20-32(22-24-17-13-12-14-18-24)21-16-19-25(34)31-26-27(33(7-2)8-3)29-23(4)30-28(26)35-5/h12-14,17-18H,6-11,15-16,19-22H2,1-5H3,(H,31,34). The van der Waals surface area contributed by atoms with Crippen LogP contribution in [0, 0.1) is 6.92 Å². The number of benzene rings is 1. The second-order valence-corrected chi connectivity index (χ2v) is 9.77. The molecule has 1 N–H and O–H groups in total. The molecule has 0 saturated heterocycles. The molecule has 2 aromatic rings. The van der Waals surface area contributed by atoms with Crippen LogP contribution < -0.4 is 10.2 Å². The van der Waals surface area contributed by atoms with Crippen LogP contribution in [0.3, 0.4) is 0 Å². The summed E-state index contributed by atoms with van der Waals surface area (Å²) in [6.07, 6.45) is 9.69. The lowest BCUT2D eigenvalue weighted by atomic mass is 10.1. The van der Waals surface area contributed by atoms with Gasteiger partial charge in [0.15, 0.2) is 5.82 Å². The summed E-state index contributed by atoms with van der Waals surface area (Å²) in [4.78, 5) is 26.9. The Labute approximate surface area is 217 Å². The first-order valence-electron chi connectivity index (χ1n) is 13.3. The quantitative estimate of drug-likeness (QED) is 0.151. The molecule has 1 amide bonds. The van der Waals surface area contributed by atoms with Gasteiger partial charge in [-0.25, -0.2) is 9.97 Å². The number of nitrogens with zero attached hydrogens (tertiary/aromatic N) is 4. The van der Waals surface area contributed by atoms with Crippen molar-refractivity contribution in [1.82, 2.24) is 14.9 Å². The lowest BCUT2D eigenvalue weighted by Gasteiger charge is -2.25. The summed E-state index contributed by atoms with van der Waals surface area (Å²) in [7, 11) is 0. The van der Waals surface area contributed by atoms with E-state index in [9.17, 15) is 4.79 Å². The van der Waals surface area contributed by atoms with E-state index in [2.05, 4.69) is 76.2 Å². The number of amides is 1. The summed E-state index contributed by atoms with van der Waals surface area (Å²) in [5, 5.41) is 3.98. The number of hydrogen-bond donors (Lipinski definition) is 1. The van der Waals surface area contributed by atoms with Gasteiger partial charge in [-0.05, 0) is 58.5 Å². The van der Waals surface area contributed by atoms with Crippen molar-refractivity contribution in [2.75, 3.05) is 42.7 Å². The van der Waals surface area contributed by atoms with Crippen LogP contribution in [-0.2, 0) is 11.3 Å². The minimum absolute atomic E-state index is 0.0313. The van der Waals surface area contributed by atoms with Crippen molar-refractivity contribution in [2.24, 2.45) is 0 Å². The van der Waals surface area contributed by atoms with Crippen molar-refractivity contribution < 1.29 is 4.79 Å². The molecule has 0 atom stereocenters. The van der Waals surface area contributed by atoms with Crippen molar-refractivity contribution in [3.05, 3.63) is 41.7 Å². The fraction of sp³-hybridized carbons (Fsp3) is 0.607. The minimum atomic E-state index is 0.0313. The van der Waals surface area contributed by atoms with E-state index in [0.717, 1.165) is 61.5 Å². The molecule has 0 unspecified atom stereocenters. The summed E-state index contributed by atoms with van der Waals surface area (Å²) >= 11 is 1.55. The highest BCUT2D eigenvalue weighted by molar-refractivity contribution is 7.98. The molecule has 0 fully saturated rings. The van der Waals surface area contributed by atoms with Crippen molar-refractivity contribution in [3.63, 3.8) is 0 Å². The van der Waals surface area contributed by atoms with Crippen molar-refractivity contribution in [1.29, 1.82) is 0 Å². The number of thioether (sulfide) groups is 1. The molecule has 2 rings (SSSR count). The Bertz CT molecular complexity index is 873. The third kappa shape index (κ3) is 10.2. The van der Waals surface area contributed by atoms with Gasteiger partial charge in [0.2, 0.25) is 5.91 Å². The van der Waals surface area contributed by atoms with Crippen molar-refractivity contribution >= 4 is 29.2 Å². The Balaban J connectivity index is 1.98. The van der Waals surface area contributed by atoms with E-state index in [0.29, 0.717) is 6.42 Å². The molecular weight excluding hydrogens is 454 g/mol. The molecule has 1 aromatic carbocycles. The lowest BCUT2D eigenvalue weighted by Crippen LogP contribution is -2.28. The van der Waals surface area contributed by atoms with Gasteiger partial charge in [-0.2, -0.15) is 0 Å². The highest BCUT2D eigenvalue weighted by atomic mass is 32.2. The van der Waals surface area contributed by atoms with E-state index in [1.54, 1.807) is 11.8 Å². The van der Waals surface area contributed by atoms with Crippen LogP contribution in [0.1, 0.15) is 77.1 Å². The predicted molar refractivity (Wildman–Crippen MR) is 150 cm³/mol. The van der Waals surface area contributed by atoms with E-state index in [-0.39, 0.29) is 5.91 Å². The summed E-state index contributed by atoms with van der Waals surface area (Å²) in [5.41, 5.74) is 2.07. The Hall–Kier alpha value is -2.12. The Morgan fingerprint density at radius 1 is 0.943 bits per heavy atom. The molecule has 1 heterocycles. The van der Waals surface area contributed by atoms with Crippen LogP contribution in [0.15, 0.2) is 35.4 Å². The van der Waals surface area contributed by atoms with Gasteiger partial charge in [-0.3, -0.25) is 9.69 Å². The summed E-state index contributed by atoms with van der Waals surface area (Å²) in [6.45, 7) is 13.0. The number of anilines is 2. The molecule has 7 heteroatoms. The fourth-order valence-electron chi connectivity index (χ4n) is 4.26. The first-order chi connectivity index (χ1) is 17.0. The fourth-order valence-corrected chi connectivity index (χ4v) is 4.83. The number of rotatable bonds is 17. The SMILES string of the molecule is CCCCCCCN(CCCC(=O)Nc1c(SC)nc(C)nc1N(CC)CC)Cc1ccccc1. The first kappa shape index (κ1) is 29.1. The van der Waals surface area contributed by atoms with E-state index in [4.69, 9.17) is 0 Å². The lowest BCUT2D eigenvalue weighted by molar-refractivity contribution is -0.116. The van der Waals surface area contributed by atoms with Crippen LogP contribution in [0.5, 0.6) is 0 Å². The van der Waals surface area contributed by atoms with E-state index in [1.165, 1.54) is 37.7 Å². The van der Waals surface area contributed by atoms with Crippen LogP contribution in [0.4, 0.5) is 11.5 Å². The highest BCUT2D eigenvalue weighted by Crippen LogP contribution is 2.32. The van der Waals surface area contributed by atoms with Crippen LogP contribution >= 0.6 is 11.8 Å². The molecule has 0 saturated carbocycles. The summed E-state index contributed by atoms with van der Waals surface area (Å²) in [5.74, 6) is 1.58. The van der Waals surface area contributed by atoms with E-state index in [1.807, 2.05) is 13.2 Å². The van der Waals surface area contributed by atoms with E-state index >= 15 is 0 Å². The van der Waals surface area contributed by atoms with Crippen LogP contribution in [0.2, 0.25) is 0 Å². The zero-order valence-corrected chi connectivity index (χ0v) is 23.3. The summed E-state index contributed by atoms with van der Waals surface area (Å²) in [6, 6.07) is 10.6. The predicted octanol–water partition coefficient (Wildman–Crippen LogP) is 6.54. The Morgan fingerprint density at radius 3 is 2.29 bits per heavy atom. The van der Waals surface area contributed by atoms with Gasteiger partial charge in [-0.15, -0.1) is 11.8 Å². The van der Waals surface area contributed by atoms with Crippen molar-refractivity contribution in [2.45, 2.75) is 84.2 Å². The molecule has 1 aromatic heterocycles. The normalized spacial score (nSPS) is 11.1. The number of nitrogens with one attached hydrogen (secondary N) is 1. The number of carbonyl (C=O) groups is 1. The first-order valence-corrected chi connectivity index (χ1v) is 14.5. The average molecular weight is 500 g/mol. The molecule has 0 aliphatic rings. The molecule has 6 nitrogen and oxygen atoms in total. The maximum absolute atomic E-state index is 13.0. The maximum atomic E-state index is 13.0. The van der Waals surface area contributed by atoms with Crippen molar-refractivity contribution in [3.8, 4) is 0 Å². The molecular formula is C28H45N5OS. The molecule has 194 valence electrons. The average Bonchev–Trinajstić information content (AvgIpc) is 2.86.